The molecule has 0 atom stereocenters. The molecule has 0 aliphatic heterocycles. The van der Waals surface area contributed by atoms with Crippen molar-refractivity contribution in [2.45, 2.75) is 13.0 Å². The molecule has 0 radical (unpaired) electrons. The zero-order valence-electron chi connectivity index (χ0n) is 14.1. The average molecular weight is 422 g/mol. The number of aromatic hydroxyl groups is 1. The predicted octanol–water partition coefficient (Wildman–Crippen LogP) is 6.36. The normalized spacial score (nSPS) is 10.6. The lowest BCUT2D eigenvalue weighted by Gasteiger charge is -2.10. The summed E-state index contributed by atoms with van der Waals surface area (Å²) in [7, 11) is 0. The first-order valence-corrected chi connectivity index (χ1v) is 9.23. The van der Waals surface area contributed by atoms with Crippen LogP contribution in [-0.2, 0) is 13.0 Å². The van der Waals surface area contributed by atoms with Crippen LogP contribution in [0.25, 0.3) is 0 Å². The lowest BCUT2D eigenvalue weighted by Crippen LogP contribution is -2.04. The summed E-state index contributed by atoms with van der Waals surface area (Å²) in [5.74, 6) is 0.109. The van der Waals surface area contributed by atoms with Crippen LogP contribution in [0, 0.1) is 0 Å². The Labute approximate surface area is 172 Å². The summed E-state index contributed by atoms with van der Waals surface area (Å²) in [4.78, 5) is 12.4. The van der Waals surface area contributed by atoms with Crippen LogP contribution in [0.3, 0.4) is 0 Å². The standard InChI is InChI=1S/C21H15Cl3O3/c22-15-4-1-13(2-5-15)9-20(25)18-8-7-17(11-21(18)26)27-12-14-3-6-16(23)10-19(14)24/h1-8,10-11,26H,9,12H2. The van der Waals surface area contributed by atoms with Crippen LogP contribution in [0.4, 0.5) is 0 Å². The molecule has 0 saturated carbocycles. The molecule has 0 fully saturated rings. The van der Waals surface area contributed by atoms with Crippen LogP contribution in [0.1, 0.15) is 21.5 Å². The molecule has 3 nitrogen and oxygen atoms in total. The van der Waals surface area contributed by atoms with E-state index in [0.717, 1.165) is 11.1 Å². The third kappa shape index (κ3) is 5.16. The zero-order chi connectivity index (χ0) is 19.4. The molecule has 3 aromatic rings. The molecule has 0 amide bonds. The van der Waals surface area contributed by atoms with Gasteiger partial charge in [-0.1, -0.05) is 53.0 Å². The number of phenols is 1. The summed E-state index contributed by atoms with van der Waals surface area (Å²) in [6, 6.07) is 16.7. The van der Waals surface area contributed by atoms with Crippen LogP contribution in [0.2, 0.25) is 15.1 Å². The lowest BCUT2D eigenvalue weighted by molar-refractivity contribution is 0.0990. The lowest BCUT2D eigenvalue weighted by atomic mass is 10.0. The highest BCUT2D eigenvalue weighted by atomic mass is 35.5. The molecule has 1 N–H and O–H groups in total. The third-order valence-corrected chi connectivity index (χ3v) is 4.80. The van der Waals surface area contributed by atoms with E-state index < -0.39 is 0 Å². The molecule has 3 rings (SSSR count). The van der Waals surface area contributed by atoms with E-state index in [1.807, 2.05) is 0 Å². The van der Waals surface area contributed by atoms with Gasteiger partial charge in [-0.2, -0.15) is 0 Å². The molecular weight excluding hydrogens is 407 g/mol. The molecule has 0 spiro atoms. The van der Waals surface area contributed by atoms with Crippen molar-refractivity contribution in [1.82, 2.24) is 0 Å². The highest BCUT2D eigenvalue weighted by molar-refractivity contribution is 6.35. The predicted molar refractivity (Wildman–Crippen MR) is 108 cm³/mol. The summed E-state index contributed by atoms with van der Waals surface area (Å²) < 4.78 is 5.65. The van der Waals surface area contributed by atoms with Crippen LogP contribution in [0.15, 0.2) is 60.7 Å². The molecule has 0 saturated heterocycles. The molecule has 0 heterocycles. The van der Waals surface area contributed by atoms with Gasteiger partial charge in [-0.15, -0.1) is 0 Å². The first-order chi connectivity index (χ1) is 12.9. The van der Waals surface area contributed by atoms with Crippen LogP contribution >= 0.6 is 34.8 Å². The van der Waals surface area contributed by atoms with E-state index in [9.17, 15) is 9.90 Å². The van der Waals surface area contributed by atoms with Crippen LogP contribution in [-0.4, -0.2) is 10.9 Å². The number of rotatable bonds is 6. The zero-order valence-corrected chi connectivity index (χ0v) is 16.4. The Morgan fingerprint density at radius 1 is 0.889 bits per heavy atom. The van der Waals surface area contributed by atoms with Crippen molar-refractivity contribution in [2.24, 2.45) is 0 Å². The first kappa shape index (κ1) is 19.6. The van der Waals surface area contributed by atoms with E-state index in [0.29, 0.717) is 20.8 Å². The minimum atomic E-state index is -0.192. The van der Waals surface area contributed by atoms with Gasteiger partial charge in [0.15, 0.2) is 5.78 Å². The fraction of sp³-hybridized carbons (Fsp3) is 0.0952. The van der Waals surface area contributed by atoms with Crippen molar-refractivity contribution in [3.63, 3.8) is 0 Å². The minimum absolute atomic E-state index is 0.131. The number of hydrogen-bond donors (Lipinski definition) is 1. The van der Waals surface area contributed by atoms with E-state index in [2.05, 4.69) is 0 Å². The SMILES string of the molecule is O=C(Cc1ccc(Cl)cc1)c1ccc(OCc2ccc(Cl)cc2Cl)cc1O. The third-order valence-electron chi connectivity index (χ3n) is 3.96. The second-order valence-electron chi connectivity index (χ2n) is 5.93. The Bertz CT molecular complexity index is 969. The maximum Gasteiger partial charge on any atom is 0.170 e. The molecule has 3 aromatic carbocycles. The number of hydrogen-bond acceptors (Lipinski definition) is 3. The summed E-state index contributed by atoms with van der Waals surface area (Å²) in [5, 5.41) is 11.9. The molecule has 0 unspecified atom stereocenters. The number of ether oxygens (including phenoxy) is 1. The molecule has 0 aliphatic rings. The van der Waals surface area contributed by atoms with Gasteiger partial charge in [0.1, 0.15) is 18.1 Å². The van der Waals surface area contributed by atoms with Crippen molar-refractivity contribution in [3.8, 4) is 11.5 Å². The second-order valence-corrected chi connectivity index (χ2v) is 7.21. The van der Waals surface area contributed by atoms with Crippen molar-refractivity contribution in [3.05, 3.63) is 92.4 Å². The van der Waals surface area contributed by atoms with E-state index >= 15 is 0 Å². The number of halogens is 3. The number of carbonyl (C=O) groups excluding carboxylic acids is 1. The summed E-state index contributed by atoms with van der Waals surface area (Å²) in [5.41, 5.74) is 1.83. The maximum absolute atomic E-state index is 12.4. The van der Waals surface area contributed by atoms with Gasteiger partial charge in [-0.3, -0.25) is 4.79 Å². The van der Waals surface area contributed by atoms with Crippen LogP contribution in [0.5, 0.6) is 11.5 Å². The number of ketones is 1. The number of carbonyl (C=O) groups is 1. The summed E-state index contributed by atoms with van der Waals surface area (Å²) >= 11 is 17.8. The van der Waals surface area contributed by atoms with Crippen molar-refractivity contribution in [1.29, 1.82) is 0 Å². The molecule has 6 heteroatoms. The van der Waals surface area contributed by atoms with Gasteiger partial charge >= 0.3 is 0 Å². The van der Waals surface area contributed by atoms with Gasteiger partial charge in [-0.25, -0.2) is 0 Å². The van der Waals surface area contributed by atoms with Crippen molar-refractivity contribution >= 4 is 40.6 Å². The van der Waals surface area contributed by atoms with Gasteiger partial charge < -0.3 is 9.84 Å². The second kappa shape index (κ2) is 8.66. The topological polar surface area (TPSA) is 46.5 Å². The summed E-state index contributed by atoms with van der Waals surface area (Å²) in [6.45, 7) is 0.216. The molecule has 138 valence electrons. The Morgan fingerprint density at radius 3 is 2.26 bits per heavy atom. The van der Waals surface area contributed by atoms with Crippen molar-refractivity contribution < 1.29 is 14.6 Å². The number of phenolic OH excluding ortho intramolecular Hbond substituents is 1. The number of benzene rings is 3. The van der Waals surface area contributed by atoms with Crippen molar-refractivity contribution in [2.75, 3.05) is 0 Å². The smallest absolute Gasteiger partial charge is 0.170 e. The highest BCUT2D eigenvalue weighted by Gasteiger charge is 2.13. The van der Waals surface area contributed by atoms with Gasteiger partial charge in [0.05, 0.1) is 5.56 Å². The Balaban J connectivity index is 1.67. The largest absolute Gasteiger partial charge is 0.507 e. The maximum atomic E-state index is 12.4. The molecule has 0 aliphatic carbocycles. The molecule has 0 aromatic heterocycles. The average Bonchev–Trinajstić information content (AvgIpc) is 2.63. The monoisotopic (exact) mass is 420 g/mol. The van der Waals surface area contributed by atoms with E-state index in [4.69, 9.17) is 39.5 Å². The molecule has 27 heavy (non-hydrogen) atoms. The highest BCUT2D eigenvalue weighted by Crippen LogP contribution is 2.27. The fourth-order valence-electron chi connectivity index (χ4n) is 2.52. The Hall–Kier alpha value is -2.20. The minimum Gasteiger partial charge on any atom is -0.507 e. The molecule has 0 bridgehead atoms. The van der Waals surface area contributed by atoms with E-state index in [1.165, 1.54) is 6.07 Å². The number of Topliss-reactive ketones (excluding diaryl/α,β-unsaturated/α-hetero) is 1. The summed E-state index contributed by atoms with van der Waals surface area (Å²) in [6.07, 6.45) is 0.172. The van der Waals surface area contributed by atoms with Crippen LogP contribution < -0.4 is 4.74 Å². The quantitative estimate of drug-likeness (QED) is 0.471. The van der Waals surface area contributed by atoms with Gasteiger partial charge in [-0.05, 0) is 42.0 Å². The molecular formula is C21H15Cl3O3. The first-order valence-electron chi connectivity index (χ1n) is 8.10. The van der Waals surface area contributed by atoms with E-state index in [-0.39, 0.29) is 30.1 Å². The fourth-order valence-corrected chi connectivity index (χ4v) is 3.11. The Morgan fingerprint density at radius 2 is 1.59 bits per heavy atom. The van der Waals surface area contributed by atoms with Gasteiger partial charge in [0, 0.05) is 33.1 Å². The van der Waals surface area contributed by atoms with E-state index in [1.54, 1.807) is 54.6 Å². The van der Waals surface area contributed by atoms with Gasteiger partial charge in [0.25, 0.3) is 0 Å². The Kier molecular flexibility index (Phi) is 6.27. The van der Waals surface area contributed by atoms with Gasteiger partial charge in [0.2, 0.25) is 0 Å².